The Labute approximate surface area is 94.9 Å². The van der Waals surface area contributed by atoms with Crippen molar-refractivity contribution in [3.8, 4) is 5.69 Å². The van der Waals surface area contributed by atoms with E-state index in [0.29, 0.717) is 12.2 Å². The van der Waals surface area contributed by atoms with Crippen LogP contribution in [0.5, 0.6) is 0 Å². The van der Waals surface area contributed by atoms with E-state index in [-0.39, 0.29) is 6.61 Å². The van der Waals surface area contributed by atoms with Crippen LogP contribution in [0.2, 0.25) is 0 Å². The molecule has 2 aromatic rings. The largest absolute Gasteiger partial charge is 0.396 e. The zero-order chi connectivity index (χ0) is 10.7. The molecule has 1 aromatic carbocycles. The lowest BCUT2D eigenvalue weighted by molar-refractivity contribution is 0.296. The van der Waals surface area contributed by atoms with Gasteiger partial charge in [0.15, 0.2) is 5.82 Å². The van der Waals surface area contributed by atoms with E-state index in [0.717, 1.165) is 10.2 Å². The number of aliphatic hydroxyl groups excluding tert-OH is 1. The minimum atomic E-state index is 0.0319. The van der Waals surface area contributed by atoms with Crippen LogP contribution in [-0.4, -0.2) is 31.9 Å². The monoisotopic (exact) mass is 268 g/mol. The van der Waals surface area contributed by atoms with Crippen molar-refractivity contribution in [2.75, 3.05) is 6.61 Å². The normalized spacial score (nSPS) is 10.5. The zero-order valence-corrected chi connectivity index (χ0v) is 9.42. The van der Waals surface area contributed by atoms with Crippen molar-refractivity contribution in [1.82, 2.24) is 20.2 Å². The molecule has 0 radical (unpaired) electrons. The summed E-state index contributed by atoms with van der Waals surface area (Å²) in [7, 11) is 0. The van der Waals surface area contributed by atoms with E-state index in [1.807, 2.05) is 24.3 Å². The van der Waals surface area contributed by atoms with Crippen LogP contribution in [0.3, 0.4) is 0 Å². The molecule has 15 heavy (non-hydrogen) atoms. The van der Waals surface area contributed by atoms with Crippen molar-refractivity contribution in [3.05, 3.63) is 34.6 Å². The molecule has 0 atom stereocenters. The van der Waals surface area contributed by atoms with Gasteiger partial charge in [-0.1, -0.05) is 22.0 Å². The Kier molecular flexibility index (Phi) is 3.08. The lowest BCUT2D eigenvalue weighted by Crippen LogP contribution is -1.99. The minimum absolute atomic E-state index is 0.0319. The van der Waals surface area contributed by atoms with Gasteiger partial charge in [0, 0.05) is 10.9 Å². The van der Waals surface area contributed by atoms with Gasteiger partial charge < -0.3 is 5.11 Å². The third-order valence-electron chi connectivity index (χ3n) is 1.83. The van der Waals surface area contributed by atoms with Gasteiger partial charge in [-0.05, 0) is 23.4 Å². The van der Waals surface area contributed by atoms with Crippen molar-refractivity contribution >= 4 is 15.9 Å². The van der Waals surface area contributed by atoms with E-state index in [2.05, 4.69) is 31.3 Å². The predicted molar refractivity (Wildman–Crippen MR) is 57.6 cm³/mol. The first kappa shape index (κ1) is 10.3. The van der Waals surface area contributed by atoms with Crippen LogP contribution in [0.15, 0.2) is 28.7 Å². The van der Waals surface area contributed by atoms with E-state index in [4.69, 9.17) is 5.11 Å². The summed E-state index contributed by atoms with van der Waals surface area (Å²) in [5, 5.41) is 20.6. The van der Waals surface area contributed by atoms with E-state index in [1.54, 1.807) is 0 Å². The van der Waals surface area contributed by atoms with Gasteiger partial charge in [-0.3, -0.25) is 0 Å². The number of halogens is 1. The predicted octanol–water partition coefficient (Wildman–Crippen LogP) is 0.960. The third-order valence-corrected chi connectivity index (χ3v) is 2.32. The molecule has 0 aliphatic heterocycles. The Hall–Kier alpha value is -1.27. The lowest BCUT2D eigenvalue weighted by Gasteiger charge is -1.97. The summed E-state index contributed by atoms with van der Waals surface area (Å²) in [6.07, 6.45) is 0.425. The smallest absolute Gasteiger partial charge is 0.177 e. The molecule has 0 aliphatic rings. The van der Waals surface area contributed by atoms with Crippen molar-refractivity contribution < 1.29 is 5.11 Å². The van der Waals surface area contributed by atoms with Gasteiger partial charge in [-0.25, -0.2) is 0 Å². The summed E-state index contributed by atoms with van der Waals surface area (Å²) in [6.45, 7) is 0.0319. The highest BCUT2D eigenvalue weighted by molar-refractivity contribution is 9.10. The summed E-state index contributed by atoms with van der Waals surface area (Å²) in [4.78, 5) is 1.44. The van der Waals surface area contributed by atoms with Crippen LogP contribution in [-0.2, 0) is 6.42 Å². The van der Waals surface area contributed by atoms with Crippen molar-refractivity contribution in [1.29, 1.82) is 0 Å². The Morgan fingerprint density at radius 3 is 3.00 bits per heavy atom. The molecule has 0 unspecified atom stereocenters. The van der Waals surface area contributed by atoms with Gasteiger partial charge in [-0.15, -0.1) is 15.0 Å². The number of hydrogen-bond acceptors (Lipinski definition) is 4. The van der Waals surface area contributed by atoms with Crippen molar-refractivity contribution in [2.24, 2.45) is 0 Å². The molecule has 1 aromatic heterocycles. The minimum Gasteiger partial charge on any atom is -0.396 e. The number of aromatic nitrogens is 4. The summed E-state index contributed by atoms with van der Waals surface area (Å²) in [5.74, 6) is 0.539. The first-order valence-electron chi connectivity index (χ1n) is 4.45. The molecular weight excluding hydrogens is 260 g/mol. The second-order valence-corrected chi connectivity index (χ2v) is 3.86. The Balaban J connectivity index is 2.29. The van der Waals surface area contributed by atoms with Crippen LogP contribution in [0, 0.1) is 0 Å². The zero-order valence-electron chi connectivity index (χ0n) is 7.84. The molecule has 0 saturated carbocycles. The number of benzene rings is 1. The summed E-state index contributed by atoms with van der Waals surface area (Å²) in [5.41, 5.74) is 0.834. The second-order valence-electron chi connectivity index (χ2n) is 2.95. The van der Waals surface area contributed by atoms with E-state index in [1.165, 1.54) is 4.80 Å². The molecule has 0 fully saturated rings. The molecular formula is C9H9BrN4O. The van der Waals surface area contributed by atoms with Crippen molar-refractivity contribution in [2.45, 2.75) is 6.42 Å². The standard InChI is InChI=1S/C9H9BrN4O/c10-7-2-1-3-8(6-7)14-12-9(4-5-15)11-13-14/h1-3,6,15H,4-5H2. The first-order valence-corrected chi connectivity index (χ1v) is 5.24. The van der Waals surface area contributed by atoms with Crippen LogP contribution < -0.4 is 0 Å². The average molecular weight is 269 g/mol. The molecule has 2 rings (SSSR count). The van der Waals surface area contributed by atoms with Gasteiger partial charge >= 0.3 is 0 Å². The summed E-state index contributed by atoms with van der Waals surface area (Å²) in [6, 6.07) is 7.60. The molecule has 0 bridgehead atoms. The van der Waals surface area contributed by atoms with E-state index in [9.17, 15) is 0 Å². The first-order chi connectivity index (χ1) is 7.29. The number of hydrogen-bond donors (Lipinski definition) is 1. The molecule has 6 heteroatoms. The number of nitrogens with zero attached hydrogens (tertiary/aromatic N) is 4. The second kappa shape index (κ2) is 4.50. The van der Waals surface area contributed by atoms with Crippen LogP contribution >= 0.6 is 15.9 Å². The van der Waals surface area contributed by atoms with Gasteiger partial charge in [-0.2, -0.15) is 0 Å². The third kappa shape index (κ3) is 2.40. The quantitative estimate of drug-likeness (QED) is 0.901. The van der Waals surface area contributed by atoms with Gasteiger partial charge in [0.2, 0.25) is 0 Å². The van der Waals surface area contributed by atoms with Gasteiger partial charge in [0.05, 0.1) is 12.3 Å². The number of rotatable bonds is 3. The number of tetrazole rings is 1. The molecule has 1 heterocycles. The lowest BCUT2D eigenvalue weighted by atomic mass is 10.3. The molecule has 0 amide bonds. The Bertz CT molecular complexity index is 457. The highest BCUT2D eigenvalue weighted by atomic mass is 79.9. The average Bonchev–Trinajstić information content (AvgIpc) is 2.67. The molecule has 1 N–H and O–H groups in total. The van der Waals surface area contributed by atoms with Crippen LogP contribution in [0.1, 0.15) is 5.82 Å². The highest BCUT2D eigenvalue weighted by Crippen LogP contribution is 2.13. The summed E-state index contributed by atoms with van der Waals surface area (Å²) < 4.78 is 0.959. The molecule has 78 valence electrons. The van der Waals surface area contributed by atoms with Crippen LogP contribution in [0.4, 0.5) is 0 Å². The Morgan fingerprint density at radius 1 is 1.40 bits per heavy atom. The van der Waals surface area contributed by atoms with Crippen LogP contribution in [0.25, 0.3) is 5.69 Å². The molecule has 5 nitrogen and oxygen atoms in total. The topological polar surface area (TPSA) is 63.8 Å². The van der Waals surface area contributed by atoms with Gasteiger partial charge in [0.1, 0.15) is 0 Å². The van der Waals surface area contributed by atoms with E-state index >= 15 is 0 Å². The fraction of sp³-hybridized carbons (Fsp3) is 0.222. The summed E-state index contributed by atoms with van der Waals surface area (Å²) >= 11 is 3.37. The number of aliphatic hydroxyl groups is 1. The fourth-order valence-electron chi connectivity index (χ4n) is 1.15. The maximum absolute atomic E-state index is 8.72. The van der Waals surface area contributed by atoms with Crippen molar-refractivity contribution in [3.63, 3.8) is 0 Å². The molecule has 0 saturated heterocycles. The SMILES string of the molecule is OCCc1nnn(-c2cccc(Br)c2)n1. The van der Waals surface area contributed by atoms with Gasteiger partial charge in [0.25, 0.3) is 0 Å². The highest BCUT2D eigenvalue weighted by Gasteiger charge is 2.03. The molecule has 0 spiro atoms. The maximum Gasteiger partial charge on any atom is 0.177 e. The molecule has 0 aliphatic carbocycles. The Morgan fingerprint density at radius 2 is 2.27 bits per heavy atom. The van der Waals surface area contributed by atoms with E-state index < -0.39 is 0 Å². The fourth-order valence-corrected chi connectivity index (χ4v) is 1.54. The maximum atomic E-state index is 8.72.